The minimum Gasteiger partial charge on any atom is -0.369 e. The van der Waals surface area contributed by atoms with Crippen LogP contribution < -0.4 is 9.80 Å². The summed E-state index contributed by atoms with van der Waals surface area (Å²) in [5.74, 6) is 0.451. The Balaban J connectivity index is 1.48. The minimum atomic E-state index is -3.55. The van der Waals surface area contributed by atoms with Gasteiger partial charge in [-0.15, -0.1) is 0 Å². The van der Waals surface area contributed by atoms with Crippen molar-refractivity contribution in [3.63, 3.8) is 0 Å². The molecule has 2 aromatic carbocycles. The predicted octanol–water partition coefficient (Wildman–Crippen LogP) is 3.23. The number of carbonyl (C=O) groups excluding carboxylic acids is 1. The zero-order valence-corrected chi connectivity index (χ0v) is 18.7. The van der Waals surface area contributed by atoms with Crippen LogP contribution in [0.15, 0.2) is 47.4 Å². The molecule has 2 heterocycles. The highest BCUT2D eigenvalue weighted by Crippen LogP contribution is 2.31. The van der Waals surface area contributed by atoms with Crippen LogP contribution in [0.1, 0.15) is 37.8 Å². The average molecular weight is 428 g/mol. The Morgan fingerprint density at radius 1 is 0.967 bits per heavy atom. The monoisotopic (exact) mass is 427 g/mol. The zero-order valence-electron chi connectivity index (χ0n) is 17.8. The molecule has 1 fully saturated rings. The molecule has 0 atom stereocenters. The molecule has 4 rings (SSSR count). The Labute approximate surface area is 179 Å². The van der Waals surface area contributed by atoms with Crippen molar-refractivity contribution in [1.29, 1.82) is 0 Å². The van der Waals surface area contributed by atoms with Gasteiger partial charge in [-0.25, -0.2) is 8.42 Å². The van der Waals surface area contributed by atoms with Crippen LogP contribution in [-0.2, 0) is 21.2 Å². The molecule has 1 amide bonds. The third kappa shape index (κ3) is 3.84. The van der Waals surface area contributed by atoms with Crippen molar-refractivity contribution in [3.05, 3.63) is 53.6 Å². The summed E-state index contributed by atoms with van der Waals surface area (Å²) in [7, 11) is -3.55. The van der Waals surface area contributed by atoms with Crippen LogP contribution >= 0.6 is 0 Å². The smallest absolute Gasteiger partial charge is 0.243 e. The van der Waals surface area contributed by atoms with Gasteiger partial charge in [0.15, 0.2) is 0 Å². The number of sulfonamides is 1. The summed E-state index contributed by atoms with van der Waals surface area (Å²) in [5.41, 5.74) is 4.20. The van der Waals surface area contributed by atoms with Gasteiger partial charge in [0.25, 0.3) is 0 Å². The molecule has 7 heteroatoms. The van der Waals surface area contributed by atoms with E-state index < -0.39 is 10.0 Å². The summed E-state index contributed by atoms with van der Waals surface area (Å²) in [6.45, 7) is 8.77. The highest BCUT2D eigenvalue weighted by Gasteiger charge is 2.31. The Kier molecular flexibility index (Phi) is 5.59. The Morgan fingerprint density at radius 3 is 2.37 bits per heavy atom. The molecule has 0 aliphatic carbocycles. The molecule has 160 valence electrons. The maximum absolute atomic E-state index is 13.2. The molecule has 30 heavy (non-hydrogen) atoms. The lowest BCUT2D eigenvalue weighted by molar-refractivity contribution is -0.116. The van der Waals surface area contributed by atoms with Gasteiger partial charge in [-0.05, 0) is 53.8 Å². The summed E-state index contributed by atoms with van der Waals surface area (Å²) in [4.78, 5) is 16.0. The van der Waals surface area contributed by atoms with Gasteiger partial charge in [-0.3, -0.25) is 4.79 Å². The maximum Gasteiger partial charge on any atom is 0.243 e. The van der Waals surface area contributed by atoms with Crippen LogP contribution in [0.2, 0.25) is 0 Å². The van der Waals surface area contributed by atoms with E-state index in [0.29, 0.717) is 50.0 Å². The van der Waals surface area contributed by atoms with Gasteiger partial charge in [0.2, 0.25) is 15.9 Å². The van der Waals surface area contributed by atoms with Crippen molar-refractivity contribution in [2.24, 2.45) is 0 Å². The molecule has 1 saturated heterocycles. The second-order valence-electron chi connectivity index (χ2n) is 8.35. The lowest BCUT2D eigenvalue weighted by atomic mass is 10.0. The fraction of sp³-hybridized carbons (Fsp3) is 0.435. The van der Waals surface area contributed by atoms with E-state index in [9.17, 15) is 13.2 Å². The molecule has 0 radical (unpaired) electrons. The van der Waals surface area contributed by atoms with Crippen molar-refractivity contribution in [2.75, 3.05) is 42.5 Å². The Bertz CT molecular complexity index is 1060. The quantitative estimate of drug-likeness (QED) is 0.752. The van der Waals surface area contributed by atoms with Crippen molar-refractivity contribution in [1.82, 2.24) is 4.31 Å². The fourth-order valence-corrected chi connectivity index (χ4v) is 5.76. The minimum absolute atomic E-state index is 0.0120. The largest absolute Gasteiger partial charge is 0.369 e. The number of hydrogen-bond donors (Lipinski definition) is 0. The SMILES string of the molecule is CC(=O)N1CCc2cc(S(=O)(=O)N3CCN(c4cccc(C(C)C)c4)CC3)ccc21. The summed E-state index contributed by atoms with van der Waals surface area (Å²) in [6.07, 6.45) is 0.693. The predicted molar refractivity (Wildman–Crippen MR) is 120 cm³/mol. The maximum atomic E-state index is 13.2. The molecule has 0 N–H and O–H groups in total. The van der Waals surface area contributed by atoms with Gasteiger partial charge in [-0.2, -0.15) is 4.31 Å². The van der Waals surface area contributed by atoms with Crippen molar-refractivity contribution >= 4 is 27.3 Å². The summed E-state index contributed by atoms with van der Waals surface area (Å²) < 4.78 is 28.0. The number of nitrogens with zero attached hydrogens (tertiary/aromatic N) is 3. The van der Waals surface area contributed by atoms with Crippen LogP contribution in [0.5, 0.6) is 0 Å². The van der Waals surface area contributed by atoms with E-state index in [2.05, 4.69) is 43.0 Å². The molecule has 0 saturated carbocycles. The van der Waals surface area contributed by atoms with Crippen molar-refractivity contribution in [3.8, 4) is 0 Å². The first-order chi connectivity index (χ1) is 14.3. The number of amides is 1. The van der Waals surface area contributed by atoms with Crippen LogP contribution in [0.3, 0.4) is 0 Å². The lowest BCUT2D eigenvalue weighted by Gasteiger charge is -2.35. The highest BCUT2D eigenvalue weighted by molar-refractivity contribution is 7.89. The van der Waals surface area contributed by atoms with E-state index in [1.807, 2.05) is 0 Å². The molecule has 0 unspecified atom stereocenters. The summed E-state index contributed by atoms with van der Waals surface area (Å²) in [6, 6.07) is 13.6. The van der Waals surface area contributed by atoms with E-state index in [1.165, 1.54) is 12.5 Å². The first-order valence-corrected chi connectivity index (χ1v) is 12.0. The van der Waals surface area contributed by atoms with E-state index in [1.54, 1.807) is 27.4 Å². The fourth-order valence-electron chi connectivity index (χ4n) is 4.28. The van der Waals surface area contributed by atoms with E-state index in [-0.39, 0.29) is 5.91 Å². The first kappa shape index (κ1) is 20.9. The average Bonchev–Trinajstić information content (AvgIpc) is 3.17. The normalized spacial score (nSPS) is 17.5. The van der Waals surface area contributed by atoms with E-state index in [0.717, 1.165) is 16.9 Å². The number of hydrogen-bond acceptors (Lipinski definition) is 4. The molecule has 6 nitrogen and oxygen atoms in total. The van der Waals surface area contributed by atoms with Gasteiger partial charge in [0, 0.05) is 51.0 Å². The number of fused-ring (bicyclic) bond motifs is 1. The second-order valence-corrected chi connectivity index (χ2v) is 10.3. The van der Waals surface area contributed by atoms with E-state index >= 15 is 0 Å². The number of piperazine rings is 1. The van der Waals surface area contributed by atoms with Crippen LogP contribution in [0, 0.1) is 0 Å². The number of carbonyl (C=O) groups is 1. The van der Waals surface area contributed by atoms with E-state index in [4.69, 9.17) is 0 Å². The third-order valence-corrected chi connectivity index (χ3v) is 8.00. The first-order valence-electron chi connectivity index (χ1n) is 10.5. The lowest BCUT2D eigenvalue weighted by Crippen LogP contribution is -2.48. The molecule has 2 aromatic rings. The topological polar surface area (TPSA) is 60.9 Å². The molecule has 0 bridgehead atoms. The molecule has 2 aliphatic heterocycles. The van der Waals surface area contributed by atoms with Gasteiger partial charge in [-0.1, -0.05) is 26.0 Å². The second kappa shape index (κ2) is 8.04. The summed E-state index contributed by atoms with van der Waals surface area (Å²) in [5, 5.41) is 0. The molecular weight excluding hydrogens is 398 g/mol. The molecule has 2 aliphatic rings. The molecule has 0 spiro atoms. The Morgan fingerprint density at radius 2 is 1.70 bits per heavy atom. The third-order valence-electron chi connectivity index (χ3n) is 6.11. The summed E-state index contributed by atoms with van der Waals surface area (Å²) >= 11 is 0. The molecular formula is C23H29N3O3S. The Hall–Kier alpha value is -2.38. The van der Waals surface area contributed by atoms with Crippen LogP contribution in [-0.4, -0.2) is 51.4 Å². The highest BCUT2D eigenvalue weighted by atomic mass is 32.2. The van der Waals surface area contributed by atoms with Gasteiger partial charge in [0.05, 0.1) is 4.90 Å². The van der Waals surface area contributed by atoms with Crippen LogP contribution in [0.4, 0.5) is 11.4 Å². The van der Waals surface area contributed by atoms with Crippen molar-refractivity contribution in [2.45, 2.75) is 38.0 Å². The van der Waals surface area contributed by atoms with Crippen LogP contribution in [0.25, 0.3) is 0 Å². The number of benzene rings is 2. The number of anilines is 2. The zero-order chi connectivity index (χ0) is 21.5. The van der Waals surface area contributed by atoms with Gasteiger partial charge < -0.3 is 9.80 Å². The van der Waals surface area contributed by atoms with Gasteiger partial charge in [0.1, 0.15) is 0 Å². The van der Waals surface area contributed by atoms with Gasteiger partial charge >= 0.3 is 0 Å². The molecule has 0 aromatic heterocycles. The van der Waals surface area contributed by atoms with Crippen molar-refractivity contribution < 1.29 is 13.2 Å². The number of rotatable bonds is 4. The standard InChI is InChI=1S/C23H29N3O3S/c1-17(2)19-5-4-6-21(15-19)24-11-13-25(14-12-24)30(28,29)22-7-8-23-20(16-22)9-10-26(23)18(3)27/h4-8,15-17H,9-14H2,1-3H3.